The van der Waals surface area contributed by atoms with Crippen LogP contribution in [0.5, 0.6) is 0 Å². The molecule has 0 unspecified atom stereocenters. The Bertz CT molecular complexity index is 402. The summed E-state index contributed by atoms with van der Waals surface area (Å²) in [7, 11) is 0. The second-order valence-electron chi connectivity index (χ2n) is 4.04. The first-order valence-corrected chi connectivity index (χ1v) is 6.10. The number of halogens is 2. The lowest BCUT2D eigenvalue weighted by molar-refractivity contribution is 0.101. The van der Waals surface area contributed by atoms with Gasteiger partial charge in [-0.1, -0.05) is 23.2 Å². The molecule has 1 saturated heterocycles. The maximum Gasteiger partial charge on any atom is 0.159 e. The van der Waals surface area contributed by atoms with Crippen LogP contribution in [0.15, 0.2) is 12.1 Å². The molecule has 1 fully saturated rings. The van der Waals surface area contributed by atoms with Crippen LogP contribution in [-0.2, 0) is 0 Å². The van der Waals surface area contributed by atoms with E-state index in [1.54, 1.807) is 12.1 Å². The summed E-state index contributed by atoms with van der Waals surface area (Å²) < 4.78 is 0. The van der Waals surface area contributed by atoms with E-state index in [-0.39, 0.29) is 5.78 Å². The number of nitrogens with zero attached hydrogens (tertiary/aromatic N) is 1. The molecule has 0 amide bonds. The van der Waals surface area contributed by atoms with Gasteiger partial charge in [0.1, 0.15) is 0 Å². The van der Waals surface area contributed by atoms with Crippen LogP contribution in [0.1, 0.15) is 30.1 Å². The minimum Gasteiger partial charge on any atom is -0.369 e. The molecule has 0 bridgehead atoms. The fraction of sp³-hybridized carbons (Fsp3) is 0.417. The molecular weight excluding hydrogens is 245 g/mol. The molecular formula is C12H13Cl2NO. The molecule has 1 aromatic carbocycles. The molecule has 0 aliphatic carbocycles. The van der Waals surface area contributed by atoms with E-state index in [0.717, 1.165) is 18.8 Å². The van der Waals surface area contributed by atoms with Gasteiger partial charge in [-0.2, -0.15) is 0 Å². The monoisotopic (exact) mass is 257 g/mol. The van der Waals surface area contributed by atoms with Crippen molar-refractivity contribution in [3.8, 4) is 0 Å². The van der Waals surface area contributed by atoms with E-state index in [1.165, 1.54) is 19.8 Å². The van der Waals surface area contributed by atoms with E-state index in [2.05, 4.69) is 4.90 Å². The zero-order chi connectivity index (χ0) is 11.7. The van der Waals surface area contributed by atoms with Crippen molar-refractivity contribution < 1.29 is 4.79 Å². The molecule has 2 nitrogen and oxygen atoms in total. The summed E-state index contributed by atoms with van der Waals surface area (Å²) in [6, 6.07) is 3.40. The Morgan fingerprint density at radius 2 is 1.69 bits per heavy atom. The topological polar surface area (TPSA) is 20.3 Å². The molecule has 1 heterocycles. The van der Waals surface area contributed by atoms with Gasteiger partial charge >= 0.3 is 0 Å². The lowest BCUT2D eigenvalue weighted by Gasteiger charge is -2.21. The lowest BCUT2D eigenvalue weighted by Crippen LogP contribution is -2.18. The fourth-order valence-corrected chi connectivity index (χ4v) is 2.74. The lowest BCUT2D eigenvalue weighted by atomic mass is 10.1. The Labute approximate surface area is 105 Å². The van der Waals surface area contributed by atoms with Gasteiger partial charge in [-0.25, -0.2) is 0 Å². The predicted molar refractivity (Wildman–Crippen MR) is 67.9 cm³/mol. The first kappa shape index (κ1) is 11.7. The van der Waals surface area contributed by atoms with Gasteiger partial charge in [0.2, 0.25) is 0 Å². The third-order valence-corrected chi connectivity index (χ3v) is 3.42. The van der Waals surface area contributed by atoms with Crippen molar-refractivity contribution in [2.24, 2.45) is 0 Å². The smallest absolute Gasteiger partial charge is 0.159 e. The van der Waals surface area contributed by atoms with Gasteiger partial charge in [-0.05, 0) is 31.9 Å². The van der Waals surface area contributed by atoms with Gasteiger partial charge in [0.15, 0.2) is 5.78 Å². The van der Waals surface area contributed by atoms with Crippen molar-refractivity contribution in [3.63, 3.8) is 0 Å². The third kappa shape index (κ3) is 2.18. The largest absolute Gasteiger partial charge is 0.369 e. The van der Waals surface area contributed by atoms with Crippen LogP contribution in [0.3, 0.4) is 0 Å². The summed E-state index contributed by atoms with van der Waals surface area (Å²) in [5.41, 5.74) is 1.43. The van der Waals surface area contributed by atoms with Crippen LogP contribution in [0.4, 0.5) is 5.69 Å². The molecule has 1 aliphatic rings. The summed E-state index contributed by atoms with van der Waals surface area (Å²) in [5, 5.41) is 1.14. The van der Waals surface area contributed by atoms with Crippen molar-refractivity contribution in [2.75, 3.05) is 18.0 Å². The summed E-state index contributed by atoms with van der Waals surface area (Å²) in [4.78, 5) is 13.4. The maximum atomic E-state index is 11.3. The highest BCUT2D eigenvalue weighted by Gasteiger charge is 2.19. The standard InChI is InChI=1S/C12H13Cl2NO/c1-8(16)9-6-10(13)12(11(14)7-9)15-4-2-3-5-15/h6-7H,2-5H2,1H3. The molecule has 0 aromatic heterocycles. The highest BCUT2D eigenvalue weighted by molar-refractivity contribution is 6.39. The highest BCUT2D eigenvalue weighted by atomic mass is 35.5. The van der Waals surface area contributed by atoms with E-state index in [1.807, 2.05) is 0 Å². The van der Waals surface area contributed by atoms with Gasteiger partial charge in [0.25, 0.3) is 0 Å². The van der Waals surface area contributed by atoms with Crippen molar-refractivity contribution in [2.45, 2.75) is 19.8 Å². The van der Waals surface area contributed by atoms with E-state index in [4.69, 9.17) is 23.2 Å². The van der Waals surface area contributed by atoms with Crippen LogP contribution in [-0.4, -0.2) is 18.9 Å². The summed E-state index contributed by atoms with van der Waals surface area (Å²) in [6.07, 6.45) is 2.34. The molecule has 4 heteroatoms. The number of rotatable bonds is 2. The number of carbonyl (C=O) groups is 1. The van der Waals surface area contributed by atoms with Crippen LogP contribution in [0.25, 0.3) is 0 Å². The van der Waals surface area contributed by atoms with Gasteiger partial charge in [-0.3, -0.25) is 4.79 Å². The number of hydrogen-bond acceptors (Lipinski definition) is 2. The SMILES string of the molecule is CC(=O)c1cc(Cl)c(N2CCCC2)c(Cl)c1. The quantitative estimate of drug-likeness (QED) is 0.752. The number of Topliss-reactive ketones (excluding diaryl/α,β-unsaturated/α-hetero) is 1. The van der Waals surface area contributed by atoms with Crippen molar-refractivity contribution >= 4 is 34.7 Å². The molecule has 0 saturated carbocycles. The van der Waals surface area contributed by atoms with Crippen molar-refractivity contribution in [1.82, 2.24) is 0 Å². The zero-order valence-electron chi connectivity index (χ0n) is 9.09. The van der Waals surface area contributed by atoms with Gasteiger partial charge < -0.3 is 4.90 Å². The molecule has 0 radical (unpaired) electrons. The molecule has 0 spiro atoms. The van der Waals surface area contributed by atoms with Crippen LogP contribution >= 0.6 is 23.2 Å². The molecule has 1 aliphatic heterocycles. The first-order valence-electron chi connectivity index (χ1n) is 5.34. The average Bonchev–Trinajstić information content (AvgIpc) is 2.69. The number of benzene rings is 1. The number of anilines is 1. The molecule has 2 rings (SSSR count). The number of hydrogen-bond donors (Lipinski definition) is 0. The second-order valence-corrected chi connectivity index (χ2v) is 4.85. The molecule has 0 atom stereocenters. The highest BCUT2D eigenvalue weighted by Crippen LogP contribution is 2.36. The van der Waals surface area contributed by atoms with E-state index >= 15 is 0 Å². The van der Waals surface area contributed by atoms with Crippen LogP contribution in [0, 0.1) is 0 Å². The second kappa shape index (κ2) is 4.64. The van der Waals surface area contributed by atoms with Gasteiger partial charge in [0.05, 0.1) is 15.7 Å². The Morgan fingerprint density at radius 1 is 1.19 bits per heavy atom. The number of ketones is 1. The van der Waals surface area contributed by atoms with Crippen LogP contribution < -0.4 is 4.90 Å². The fourth-order valence-electron chi connectivity index (χ4n) is 2.01. The molecule has 86 valence electrons. The Morgan fingerprint density at radius 3 is 2.12 bits per heavy atom. The molecule has 0 N–H and O–H groups in total. The minimum atomic E-state index is -0.0169. The summed E-state index contributed by atoms with van der Waals surface area (Å²) >= 11 is 12.4. The first-order chi connectivity index (χ1) is 7.59. The van der Waals surface area contributed by atoms with E-state index < -0.39 is 0 Å². The number of carbonyl (C=O) groups excluding carboxylic acids is 1. The summed E-state index contributed by atoms with van der Waals surface area (Å²) in [6.45, 7) is 3.48. The average molecular weight is 258 g/mol. The Kier molecular flexibility index (Phi) is 3.41. The molecule has 16 heavy (non-hydrogen) atoms. The van der Waals surface area contributed by atoms with E-state index in [0.29, 0.717) is 15.6 Å². The Balaban J connectivity index is 2.42. The van der Waals surface area contributed by atoms with Crippen molar-refractivity contribution in [1.29, 1.82) is 0 Å². The minimum absolute atomic E-state index is 0.0169. The van der Waals surface area contributed by atoms with Crippen molar-refractivity contribution in [3.05, 3.63) is 27.7 Å². The van der Waals surface area contributed by atoms with Crippen LogP contribution in [0.2, 0.25) is 10.0 Å². The summed E-state index contributed by atoms with van der Waals surface area (Å²) in [5.74, 6) is -0.0169. The zero-order valence-corrected chi connectivity index (χ0v) is 10.6. The van der Waals surface area contributed by atoms with E-state index in [9.17, 15) is 4.79 Å². The molecule has 1 aromatic rings. The Hall–Kier alpha value is -0.730. The normalized spacial score (nSPS) is 15.6. The maximum absolute atomic E-state index is 11.3. The predicted octanol–water partition coefficient (Wildman–Crippen LogP) is 3.80. The third-order valence-electron chi connectivity index (χ3n) is 2.85. The van der Waals surface area contributed by atoms with Gasteiger partial charge in [-0.15, -0.1) is 0 Å². The van der Waals surface area contributed by atoms with Gasteiger partial charge in [0, 0.05) is 18.7 Å².